The van der Waals surface area contributed by atoms with Crippen molar-refractivity contribution in [3.63, 3.8) is 0 Å². The van der Waals surface area contributed by atoms with Crippen LogP contribution in [0.5, 0.6) is 5.75 Å². The second-order valence-corrected chi connectivity index (χ2v) is 7.61. The summed E-state index contributed by atoms with van der Waals surface area (Å²) < 4.78 is 7.53. The van der Waals surface area contributed by atoms with Crippen molar-refractivity contribution < 1.29 is 4.74 Å². The Morgan fingerprint density at radius 1 is 1.12 bits per heavy atom. The normalized spacial score (nSPS) is 11.0. The minimum absolute atomic E-state index is 0.372. The van der Waals surface area contributed by atoms with Crippen LogP contribution in [0.2, 0.25) is 0 Å². The maximum atomic E-state index is 9.69. The number of nitriles is 1. The Kier molecular flexibility index (Phi) is 4.92. The fourth-order valence-electron chi connectivity index (χ4n) is 3.78. The van der Waals surface area contributed by atoms with Crippen molar-refractivity contribution >= 4 is 33.2 Å². The number of aromatic nitrogens is 5. The van der Waals surface area contributed by atoms with Gasteiger partial charge in [-0.2, -0.15) is 5.26 Å². The monoisotopic (exact) mass is 423 g/mol. The number of anilines is 2. The quantitative estimate of drug-likeness (QED) is 0.413. The molecule has 0 aliphatic carbocycles. The lowest BCUT2D eigenvalue weighted by atomic mass is 10.1. The molecule has 2 N–H and O–H groups in total. The Balaban J connectivity index is 1.45. The smallest absolute Gasteiger partial charge is 0.139 e. The van der Waals surface area contributed by atoms with E-state index in [2.05, 4.69) is 57.6 Å². The maximum Gasteiger partial charge on any atom is 0.139 e. The van der Waals surface area contributed by atoms with Crippen molar-refractivity contribution in [3.05, 3.63) is 71.8 Å². The molecule has 0 aliphatic heterocycles. The van der Waals surface area contributed by atoms with Gasteiger partial charge in [-0.05, 0) is 49.7 Å². The fraction of sp³-hybridized carbons (Fsp3) is 0.167. The van der Waals surface area contributed by atoms with Crippen LogP contribution in [0.25, 0.3) is 21.8 Å². The van der Waals surface area contributed by atoms with Gasteiger partial charge in [0.15, 0.2) is 0 Å². The van der Waals surface area contributed by atoms with Crippen molar-refractivity contribution in [2.75, 3.05) is 11.9 Å². The van der Waals surface area contributed by atoms with Crippen LogP contribution in [0, 0.1) is 25.2 Å². The van der Waals surface area contributed by atoms with Crippen molar-refractivity contribution in [2.24, 2.45) is 0 Å². The van der Waals surface area contributed by atoms with Gasteiger partial charge in [-0.15, -0.1) is 5.10 Å². The van der Waals surface area contributed by atoms with Gasteiger partial charge >= 0.3 is 0 Å². The minimum Gasteiger partial charge on any atom is -0.490 e. The molecule has 0 bridgehead atoms. The molecule has 5 rings (SSSR count). The number of nitrogens with zero attached hydrogens (tertiary/aromatic N) is 5. The van der Waals surface area contributed by atoms with Crippen molar-refractivity contribution in [1.29, 1.82) is 5.26 Å². The van der Waals surface area contributed by atoms with Crippen LogP contribution in [0.1, 0.15) is 16.8 Å². The number of hydrogen-bond acceptors (Lipinski definition) is 6. The number of pyridine rings is 1. The second kappa shape index (κ2) is 8.04. The molecular weight excluding hydrogens is 402 g/mol. The lowest BCUT2D eigenvalue weighted by molar-refractivity contribution is 0.289. The molecule has 3 aromatic heterocycles. The molecule has 158 valence electrons. The molecule has 0 radical (unpaired) electrons. The van der Waals surface area contributed by atoms with Crippen LogP contribution < -0.4 is 10.1 Å². The summed E-state index contributed by atoms with van der Waals surface area (Å²) in [6.07, 6.45) is 5.13. The molecule has 8 heteroatoms. The summed E-state index contributed by atoms with van der Waals surface area (Å²) in [5.74, 6) is 0.504. The SMILES string of the molecule is Cc1[nH]c2ccc(Nc3ccnc4cc(OCCn5ccnn5)c(C#N)cc34)cc2c1C. The van der Waals surface area contributed by atoms with Gasteiger partial charge in [-0.25, -0.2) is 4.68 Å². The largest absolute Gasteiger partial charge is 0.490 e. The molecule has 0 fully saturated rings. The highest BCUT2D eigenvalue weighted by Crippen LogP contribution is 2.32. The van der Waals surface area contributed by atoms with Gasteiger partial charge < -0.3 is 15.0 Å². The highest BCUT2D eigenvalue weighted by Gasteiger charge is 2.11. The Bertz CT molecular complexity index is 1460. The lowest BCUT2D eigenvalue weighted by Crippen LogP contribution is -2.09. The van der Waals surface area contributed by atoms with E-state index in [1.807, 2.05) is 24.3 Å². The molecular formula is C24H21N7O. The van der Waals surface area contributed by atoms with Crippen molar-refractivity contribution in [1.82, 2.24) is 25.0 Å². The van der Waals surface area contributed by atoms with E-state index >= 15 is 0 Å². The predicted octanol–water partition coefficient (Wildman–Crippen LogP) is 4.62. The van der Waals surface area contributed by atoms with E-state index in [0.29, 0.717) is 24.5 Å². The van der Waals surface area contributed by atoms with Crippen LogP contribution >= 0.6 is 0 Å². The molecule has 3 heterocycles. The summed E-state index contributed by atoms with van der Waals surface area (Å²) in [4.78, 5) is 7.88. The first-order chi connectivity index (χ1) is 15.6. The molecule has 0 saturated heterocycles. The zero-order valence-corrected chi connectivity index (χ0v) is 17.8. The number of benzene rings is 2. The van der Waals surface area contributed by atoms with E-state index < -0.39 is 0 Å². The van der Waals surface area contributed by atoms with Crippen LogP contribution in [-0.2, 0) is 6.54 Å². The van der Waals surface area contributed by atoms with Gasteiger partial charge in [0.05, 0.1) is 23.8 Å². The Labute approximate surface area is 184 Å². The number of aromatic amines is 1. The lowest BCUT2D eigenvalue weighted by Gasteiger charge is -2.13. The van der Waals surface area contributed by atoms with Crippen LogP contribution in [0.15, 0.2) is 55.0 Å². The summed E-state index contributed by atoms with van der Waals surface area (Å²) in [6, 6.07) is 14.0. The molecule has 0 amide bonds. The summed E-state index contributed by atoms with van der Waals surface area (Å²) in [7, 11) is 0. The van der Waals surface area contributed by atoms with Crippen LogP contribution in [0.3, 0.4) is 0 Å². The number of fused-ring (bicyclic) bond motifs is 2. The molecule has 32 heavy (non-hydrogen) atoms. The summed E-state index contributed by atoms with van der Waals surface area (Å²) in [5, 5.41) is 22.9. The van der Waals surface area contributed by atoms with E-state index in [0.717, 1.165) is 27.8 Å². The summed E-state index contributed by atoms with van der Waals surface area (Å²) in [6.45, 7) is 5.10. The van der Waals surface area contributed by atoms with Gasteiger partial charge in [-0.1, -0.05) is 5.21 Å². The third-order valence-corrected chi connectivity index (χ3v) is 5.60. The molecule has 0 spiro atoms. The first-order valence-electron chi connectivity index (χ1n) is 10.3. The summed E-state index contributed by atoms with van der Waals surface area (Å²) >= 11 is 0. The first kappa shape index (κ1) is 19.6. The third kappa shape index (κ3) is 3.61. The van der Waals surface area contributed by atoms with Gasteiger partial charge in [0.1, 0.15) is 18.4 Å². The van der Waals surface area contributed by atoms with Crippen molar-refractivity contribution in [2.45, 2.75) is 20.4 Å². The number of rotatable bonds is 6. The molecule has 0 saturated carbocycles. The summed E-state index contributed by atoms with van der Waals surface area (Å²) in [5.41, 5.74) is 6.58. The predicted molar refractivity (Wildman–Crippen MR) is 123 cm³/mol. The Morgan fingerprint density at radius 3 is 2.84 bits per heavy atom. The van der Waals surface area contributed by atoms with Gasteiger partial charge in [-0.3, -0.25) is 4.98 Å². The molecule has 5 aromatic rings. The van der Waals surface area contributed by atoms with Crippen LogP contribution in [-0.4, -0.2) is 31.6 Å². The van der Waals surface area contributed by atoms with E-state index in [-0.39, 0.29) is 0 Å². The maximum absolute atomic E-state index is 9.69. The minimum atomic E-state index is 0.372. The number of nitrogens with one attached hydrogen (secondary N) is 2. The average Bonchev–Trinajstić information content (AvgIpc) is 3.42. The van der Waals surface area contributed by atoms with Gasteiger partial charge in [0.2, 0.25) is 0 Å². The van der Waals surface area contributed by atoms with E-state index in [9.17, 15) is 5.26 Å². The zero-order valence-electron chi connectivity index (χ0n) is 17.8. The average molecular weight is 423 g/mol. The topological polar surface area (TPSA) is 104 Å². The van der Waals surface area contributed by atoms with Gasteiger partial charge in [0, 0.05) is 51.8 Å². The number of ether oxygens (including phenoxy) is 1. The molecule has 0 aliphatic rings. The van der Waals surface area contributed by atoms with E-state index in [4.69, 9.17) is 4.74 Å². The standard InChI is InChI=1S/C24H21N7O/c1-15-16(2)28-21-4-3-18(12-19(15)21)29-22-5-6-26-23-13-24(17(14-25)11-20(22)23)32-10-9-31-8-7-27-30-31/h3-8,11-13,28H,9-10H2,1-2H3,(H,26,29). The van der Waals surface area contributed by atoms with Crippen molar-refractivity contribution in [3.8, 4) is 11.8 Å². The zero-order chi connectivity index (χ0) is 22.1. The van der Waals surface area contributed by atoms with Gasteiger partial charge in [0.25, 0.3) is 0 Å². The molecule has 0 unspecified atom stereocenters. The third-order valence-electron chi connectivity index (χ3n) is 5.60. The molecule has 0 atom stereocenters. The Morgan fingerprint density at radius 2 is 2.03 bits per heavy atom. The Hall–Kier alpha value is -4.38. The molecule has 8 nitrogen and oxygen atoms in total. The first-order valence-corrected chi connectivity index (χ1v) is 10.3. The highest BCUT2D eigenvalue weighted by molar-refractivity contribution is 5.96. The van der Waals surface area contributed by atoms with E-state index in [1.54, 1.807) is 23.3 Å². The number of hydrogen-bond donors (Lipinski definition) is 2. The van der Waals surface area contributed by atoms with E-state index in [1.165, 1.54) is 16.6 Å². The number of aryl methyl sites for hydroxylation is 2. The van der Waals surface area contributed by atoms with Crippen LogP contribution in [0.4, 0.5) is 11.4 Å². The highest BCUT2D eigenvalue weighted by atomic mass is 16.5. The number of H-pyrrole nitrogens is 1. The fourth-order valence-corrected chi connectivity index (χ4v) is 3.78. The molecule has 2 aromatic carbocycles. The second-order valence-electron chi connectivity index (χ2n) is 7.61.